The molecule has 0 radical (unpaired) electrons. The fourth-order valence-electron chi connectivity index (χ4n) is 3.35. The molecule has 5 unspecified atom stereocenters. The highest BCUT2D eigenvalue weighted by Gasteiger charge is 2.71. The summed E-state index contributed by atoms with van der Waals surface area (Å²) in [6, 6.07) is 0. The highest BCUT2D eigenvalue weighted by molar-refractivity contribution is 7.87. The Morgan fingerprint density at radius 1 is 1.42 bits per heavy atom. The van der Waals surface area contributed by atoms with Crippen LogP contribution < -0.4 is 5.32 Å². The van der Waals surface area contributed by atoms with E-state index in [9.17, 15) is 18.0 Å². The summed E-state index contributed by atoms with van der Waals surface area (Å²) in [5.41, 5.74) is -0.895. The van der Waals surface area contributed by atoms with Gasteiger partial charge in [-0.05, 0) is 19.4 Å². The number of ether oxygens (including phenoxy) is 3. The first kappa shape index (κ1) is 17.3. The number of hydrogen-bond acceptors (Lipinski definition) is 8. The molecule has 5 atom stereocenters. The second-order valence-corrected chi connectivity index (χ2v) is 7.83. The predicted octanol–water partition coefficient (Wildman–Crippen LogP) is -1.12. The number of carbonyl (C=O) groups is 2. The number of nitrogens with one attached hydrogen (secondary N) is 1. The number of esters is 1. The molecule has 0 aliphatic carbocycles. The van der Waals surface area contributed by atoms with Crippen LogP contribution in [0, 0.1) is 0 Å². The number of amides is 1. The van der Waals surface area contributed by atoms with E-state index in [0.29, 0.717) is 6.42 Å². The van der Waals surface area contributed by atoms with E-state index >= 15 is 0 Å². The topological polar surface area (TPSA) is 117 Å². The third-order valence-electron chi connectivity index (χ3n) is 4.60. The van der Waals surface area contributed by atoms with Gasteiger partial charge in [0.25, 0.3) is 10.1 Å². The molecule has 10 heteroatoms. The van der Waals surface area contributed by atoms with Crippen LogP contribution in [-0.2, 0) is 38.1 Å². The largest absolute Gasteiger partial charge is 0.462 e. The Labute approximate surface area is 139 Å². The smallest absolute Gasteiger partial charge is 0.325 e. The molecule has 3 rings (SSSR count). The third-order valence-corrected chi connectivity index (χ3v) is 6.28. The van der Waals surface area contributed by atoms with Crippen LogP contribution in [0.2, 0.25) is 0 Å². The molecule has 134 valence electrons. The fraction of sp³-hybridized carbons (Fsp3) is 0.714. The molecule has 1 N–H and O–H groups in total. The molecule has 2 bridgehead atoms. The molecule has 0 aromatic carbocycles. The van der Waals surface area contributed by atoms with Gasteiger partial charge in [0.05, 0.1) is 12.7 Å². The zero-order valence-electron chi connectivity index (χ0n) is 13.1. The first-order valence-electron chi connectivity index (χ1n) is 7.55. The monoisotopic (exact) mass is 361 g/mol. The van der Waals surface area contributed by atoms with Crippen LogP contribution in [0.25, 0.3) is 0 Å². The minimum atomic E-state index is -3.60. The molecule has 3 aliphatic rings. The molecule has 24 heavy (non-hydrogen) atoms. The van der Waals surface area contributed by atoms with Gasteiger partial charge in [0.15, 0.2) is 0 Å². The average Bonchev–Trinajstić information content (AvgIpc) is 3.14. The van der Waals surface area contributed by atoms with E-state index in [4.69, 9.17) is 18.4 Å². The summed E-state index contributed by atoms with van der Waals surface area (Å²) in [7, 11) is -3.60. The van der Waals surface area contributed by atoms with Gasteiger partial charge >= 0.3 is 5.97 Å². The van der Waals surface area contributed by atoms with Gasteiger partial charge in [-0.3, -0.25) is 13.8 Å². The second kappa shape index (κ2) is 6.10. The summed E-state index contributed by atoms with van der Waals surface area (Å²) >= 11 is 0. The van der Waals surface area contributed by atoms with Crippen molar-refractivity contribution < 1.29 is 36.4 Å². The van der Waals surface area contributed by atoms with Crippen molar-refractivity contribution in [2.75, 3.05) is 19.8 Å². The maximum absolute atomic E-state index is 11.9. The van der Waals surface area contributed by atoms with Crippen molar-refractivity contribution in [2.24, 2.45) is 0 Å². The summed E-state index contributed by atoms with van der Waals surface area (Å²) < 4.78 is 45.2. The lowest BCUT2D eigenvalue weighted by Gasteiger charge is -2.33. The minimum absolute atomic E-state index is 0.0291. The van der Waals surface area contributed by atoms with E-state index in [1.165, 1.54) is 0 Å². The fourth-order valence-corrected chi connectivity index (χ4v) is 5.02. The van der Waals surface area contributed by atoms with Gasteiger partial charge in [-0.2, -0.15) is 8.42 Å². The molecule has 9 nitrogen and oxygen atoms in total. The van der Waals surface area contributed by atoms with Crippen molar-refractivity contribution in [3.63, 3.8) is 0 Å². The van der Waals surface area contributed by atoms with Gasteiger partial charge in [0, 0.05) is 0 Å². The average molecular weight is 361 g/mol. The van der Waals surface area contributed by atoms with Gasteiger partial charge in [0.2, 0.25) is 5.91 Å². The molecule has 3 heterocycles. The number of rotatable bonds is 7. The van der Waals surface area contributed by atoms with Crippen LogP contribution in [0.1, 0.15) is 13.3 Å². The van der Waals surface area contributed by atoms with Gasteiger partial charge < -0.3 is 19.5 Å². The summed E-state index contributed by atoms with van der Waals surface area (Å²) in [6.07, 6.45) is -0.143. The van der Waals surface area contributed by atoms with Crippen molar-refractivity contribution in [2.45, 2.75) is 42.5 Å². The Bertz CT molecular complexity index is 662. The second-order valence-electron chi connectivity index (χ2n) is 6.05. The van der Waals surface area contributed by atoms with E-state index in [0.717, 1.165) is 6.08 Å². The van der Waals surface area contributed by atoms with Gasteiger partial charge in [-0.25, -0.2) is 0 Å². The third kappa shape index (κ3) is 2.83. The van der Waals surface area contributed by atoms with Crippen molar-refractivity contribution in [1.82, 2.24) is 5.32 Å². The number of fused-ring (bicyclic) bond motifs is 1. The first-order valence-corrected chi connectivity index (χ1v) is 9.02. The molecule has 3 fully saturated rings. The molecule has 3 aliphatic heterocycles. The highest BCUT2D eigenvalue weighted by Crippen LogP contribution is 2.53. The Balaban J connectivity index is 1.45. The SMILES string of the molecule is C=CC(=O)NCC(=O)OCCOC1(C)C2CC3C(O2)C1OS3(=O)=O. The number of hydrogen-bond donors (Lipinski definition) is 1. The molecule has 3 saturated heterocycles. The number of carbonyl (C=O) groups excluding carboxylic acids is 2. The lowest BCUT2D eigenvalue weighted by atomic mass is 9.83. The van der Waals surface area contributed by atoms with Crippen LogP contribution in [-0.4, -0.2) is 69.2 Å². The summed E-state index contributed by atoms with van der Waals surface area (Å²) in [5.74, 6) is -1.08. The zero-order valence-corrected chi connectivity index (χ0v) is 13.9. The normalized spacial score (nSPS) is 38.0. The summed E-state index contributed by atoms with van der Waals surface area (Å²) in [4.78, 5) is 22.3. The van der Waals surface area contributed by atoms with Crippen LogP contribution in [0.5, 0.6) is 0 Å². The van der Waals surface area contributed by atoms with Crippen molar-refractivity contribution in [3.8, 4) is 0 Å². The predicted molar refractivity (Wildman–Crippen MR) is 79.4 cm³/mol. The van der Waals surface area contributed by atoms with E-state index in [-0.39, 0.29) is 25.9 Å². The quantitative estimate of drug-likeness (QED) is 0.262. The Morgan fingerprint density at radius 2 is 2.17 bits per heavy atom. The van der Waals surface area contributed by atoms with E-state index in [2.05, 4.69) is 11.9 Å². The first-order chi connectivity index (χ1) is 11.3. The van der Waals surface area contributed by atoms with E-state index < -0.39 is 45.1 Å². The lowest BCUT2D eigenvalue weighted by Crippen LogP contribution is -2.51. The van der Waals surface area contributed by atoms with Crippen LogP contribution in [0.3, 0.4) is 0 Å². The molecule has 1 amide bonds. The van der Waals surface area contributed by atoms with Crippen LogP contribution in [0.4, 0.5) is 0 Å². The van der Waals surface area contributed by atoms with Crippen LogP contribution in [0.15, 0.2) is 12.7 Å². The molecule has 0 saturated carbocycles. The Kier molecular flexibility index (Phi) is 4.41. The minimum Gasteiger partial charge on any atom is -0.462 e. The van der Waals surface area contributed by atoms with Crippen LogP contribution >= 0.6 is 0 Å². The highest BCUT2D eigenvalue weighted by atomic mass is 32.2. The Morgan fingerprint density at radius 3 is 2.88 bits per heavy atom. The van der Waals surface area contributed by atoms with Gasteiger partial charge in [0.1, 0.15) is 36.2 Å². The maximum atomic E-state index is 11.9. The van der Waals surface area contributed by atoms with Crippen molar-refractivity contribution >= 4 is 22.0 Å². The van der Waals surface area contributed by atoms with Crippen molar-refractivity contribution in [1.29, 1.82) is 0 Å². The molecule has 0 spiro atoms. The van der Waals surface area contributed by atoms with E-state index in [1.807, 2.05) is 0 Å². The molecular formula is C14H19NO8S. The molecule has 0 aromatic heterocycles. The van der Waals surface area contributed by atoms with Gasteiger partial charge in [-0.1, -0.05) is 6.58 Å². The standard InChI is InChI=1S/C14H19NO8S/c1-3-10(16)15-7-11(17)20-4-5-21-14(2)9-6-8-12(22-9)13(14)23-24(8,18)19/h3,8-9,12-13H,1,4-7H2,2H3,(H,15,16). The van der Waals surface area contributed by atoms with Crippen molar-refractivity contribution in [3.05, 3.63) is 12.7 Å². The lowest BCUT2D eigenvalue weighted by molar-refractivity contribution is -0.151. The zero-order chi connectivity index (χ0) is 17.5. The molecule has 0 aromatic rings. The summed E-state index contributed by atoms with van der Waals surface area (Å²) in [5, 5.41) is 1.68. The Hall–Kier alpha value is -1.49. The molecular weight excluding hydrogens is 342 g/mol. The van der Waals surface area contributed by atoms with Gasteiger partial charge in [-0.15, -0.1) is 0 Å². The van der Waals surface area contributed by atoms with E-state index in [1.54, 1.807) is 6.92 Å². The maximum Gasteiger partial charge on any atom is 0.325 e. The summed E-state index contributed by atoms with van der Waals surface area (Å²) in [6.45, 7) is 4.78.